The first-order chi connectivity index (χ1) is 12.5. The summed E-state index contributed by atoms with van der Waals surface area (Å²) in [6.45, 7) is 3.82. The van der Waals surface area contributed by atoms with Gasteiger partial charge in [-0.25, -0.2) is 9.78 Å². The molecule has 4 nitrogen and oxygen atoms in total. The SMILES string of the molecule is Cc1csc2nc(C(C)c3ccc(C(=O)c4cccs4)cc3)oc(=O)c12. The summed E-state index contributed by atoms with van der Waals surface area (Å²) in [7, 11) is 0. The van der Waals surface area contributed by atoms with Crippen LogP contribution in [0.25, 0.3) is 10.2 Å². The van der Waals surface area contributed by atoms with Crippen LogP contribution in [0.4, 0.5) is 0 Å². The number of hydrogen-bond acceptors (Lipinski definition) is 6. The Labute approximate surface area is 157 Å². The van der Waals surface area contributed by atoms with Crippen LogP contribution in [0.2, 0.25) is 0 Å². The number of rotatable bonds is 4. The molecule has 0 spiro atoms. The van der Waals surface area contributed by atoms with Gasteiger partial charge in [-0.2, -0.15) is 0 Å². The van der Waals surface area contributed by atoms with Crippen LogP contribution in [0, 0.1) is 6.92 Å². The Hall–Kier alpha value is -2.57. The van der Waals surface area contributed by atoms with Crippen LogP contribution in [0.1, 0.15) is 45.1 Å². The smallest absolute Gasteiger partial charge is 0.348 e. The van der Waals surface area contributed by atoms with Crippen LogP contribution in [0.15, 0.2) is 56.4 Å². The molecule has 1 atom stereocenters. The molecule has 4 aromatic rings. The number of hydrogen-bond donors (Lipinski definition) is 0. The molecule has 0 amide bonds. The second-order valence-electron chi connectivity index (χ2n) is 6.09. The molecule has 0 aliphatic carbocycles. The van der Waals surface area contributed by atoms with Crippen LogP contribution >= 0.6 is 22.7 Å². The van der Waals surface area contributed by atoms with Gasteiger partial charge in [0, 0.05) is 5.56 Å². The standard InChI is InChI=1S/C20H15NO3S2/c1-11-10-26-19-16(11)20(23)24-18(21-19)12(2)13-5-7-14(8-6-13)17(22)15-4-3-9-25-15/h3-10,12H,1-2H3. The van der Waals surface area contributed by atoms with E-state index in [1.807, 2.05) is 48.9 Å². The average molecular weight is 381 g/mol. The molecule has 0 bridgehead atoms. The molecule has 0 saturated heterocycles. The summed E-state index contributed by atoms with van der Waals surface area (Å²) in [6, 6.07) is 11.1. The second-order valence-corrected chi connectivity index (χ2v) is 7.89. The number of carbonyl (C=O) groups is 1. The van der Waals surface area contributed by atoms with Crippen LogP contribution in [-0.2, 0) is 0 Å². The number of aryl methyl sites for hydroxylation is 1. The summed E-state index contributed by atoms with van der Waals surface area (Å²) in [5.74, 6) is 0.224. The molecule has 1 unspecified atom stereocenters. The van der Waals surface area contributed by atoms with Gasteiger partial charge in [-0.1, -0.05) is 30.3 Å². The van der Waals surface area contributed by atoms with Gasteiger partial charge < -0.3 is 4.42 Å². The molecule has 130 valence electrons. The zero-order valence-electron chi connectivity index (χ0n) is 14.2. The third-order valence-corrected chi connectivity index (χ3v) is 6.22. The third-order valence-electron chi connectivity index (χ3n) is 4.36. The highest BCUT2D eigenvalue weighted by atomic mass is 32.1. The Morgan fingerprint density at radius 2 is 1.92 bits per heavy atom. The number of ketones is 1. The van der Waals surface area contributed by atoms with Gasteiger partial charge in [0.1, 0.15) is 4.83 Å². The van der Waals surface area contributed by atoms with Gasteiger partial charge in [0.2, 0.25) is 11.7 Å². The van der Waals surface area contributed by atoms with E-state index < -0.39 is 0 Å². The van der Waals surface area contributed by atoms with Gasteiger partial charge in [0.15, 0.2) is 0 Å². The largest absolute Gasteiger partial charge is 0.407 e. The number of benzene rings is 1. The van der Waals surface area contributed by atoms with Gasteiger partial charge in [0.25, 0.3) is 0 Å². The Morgan fingerprint density at radius 3 is 2.62 bits per heavy atom. The fraction of sp³-hybridized carbons (Fsp3) is 0.150. The van der Waals surface area contributed by atoms with Crippen molar-refractivity contribution in [2.24, 2.45) is 0 Å². The average Bonchev–Trinajstić information content (AvgIpc) is 3.31. The molecule has 6 heteroatoms. The van der Waals surface area contributed by atoms with Crippen molar-refractivity contribution in [1.82, 2.24) is 4.98 Å². The molecule has 4 rings (SSSR count). The van der Waals surface area contributed by atoms with E-state index in [1.54, 1.807) is 12.1 Å². The van der Waals surface area contributed by atoms with Crippen molar-refractivity contribution in [2.45, 2.75) is 19.8 Å². The fourth-order valence-corrected chi connectivity index (χ4v) is 4.43. The quantitative estimate of drug-likeness (QED) is 0.467. The molecule has 26 heavy (non-hydrogen) atoms. The summed E-state index contributed by atoms with van der Waals surface area (Å²) in [4.78, 5) is 30.6. The zero-order valence-corrected chi connectivity index (χ0v) is 15.8. The molecule has 3 heterocycles. The van der Waals surface area contributed by atoms with Gasteiger partial charge >= 0.3 is 5.63 Å². The number of thiophene rings is 2. The topological polar surface area (TPSA) is 60.2 Å². The summed E-state index contributed by atoms with van der Waals surface area (Å²) in [5, 5.41) is 4.36. The highest BCUT2D eigenvalue weighted by Gasteiger charge is 2.18. The lowest BCUT2D eigenvalue weighted by Gasteiger charge is -2.10. The summed E-state index contributed by atoms with van der Waals surface area (Å²) in [6.07, 6.45) is 0. The lowest BCUT2D eigenvalue weighted by molar-refractivity contribution is 0.104. The maximum absolute atomic E-state index is 12.4. The van der Waals surface area contributed by atoms with E-state index in [1.165, 1.54) is 22.7 Å². The minimum Gasteiger partial charge on any atom is -0.407 e. The Balaban J connectivity index is 1.65. The van der Waals surface area contributed by atoms with E-state index in [4.69, 9.17) is 4.42 Å². The highest BCUT2D eigenvalue weighted by Crippen LogP contribution is 2.27. The Morgan fingerprint density at radius 1 is 1.15 bits per heavy atom. The Kier molecular flexibility index (Phi) is 4.30. The van der Waals surface area contributed by atoms with Gasteiger partial charge in [-0.15, -0.1) is 22.7 Å². The maximum Gasteiger partial charge on any atom is 0.348 e. The molecule has 0 radical (unpaired) electrons. The summed E-state index contributed by atoms with van der Waals surface area (Å²) >= 11 is 2.87. The maximum atomic E-state index is 12.4. The van der Waals surface area contributed by atoms with Crippen LogP contribution in [-0.4, -0.2) is 10.8 Å². The minimum absolute atomic E-state index is 0.0133. The first-order valence-electron chi connectivity index (χ1n) is 8.11. The number of nitrogens with zero attached hydrogens (tertiary/aromatic N) is 1. The van der Waals surface area contributed by atoms with Crippen LogP contribution in [0.3, 0.4) is 0 Å². The molecule has 0 fully saturated rings. The lowest BCUT2D eigenvalue weighted by atomic mass is 9.98. The lowest BCUT2D eigenvalue weighted by Crippen LogP contribution is -2.08. The fourth-order valence-electron chi connectivity index (χ4n) is 2.83. The summed E-state index contributed by atoms with van der Waals surface area (Å²) < 4.78 is 5.46. The molecule has 1 aromatic carbocycles. The molecule has 0 aliphatic heterocycles. The summed E-state index contributed by atoms with van der Waals surface area (Å²) in [5.41, 5.74) is 2.13. The van der Waals surface area contributed by atoms with E-state index in [-0.39, 0.29) is 17.3 Å². The van der Waals surface area contributed by atoms with E-state index in [2.05, 4.69) is 4.98 Å². The highest BCUT2D eigenvalue weighted by molar-refractivity contribution is 7.16. The normalized spacial score (nSPS) is 12.4. The second kappa shape index (κ2) is 6.63. The molecular weight excluding hydrogens is 366 g/mol. The van der Waals surface area contributed by atoms with Crippen LogP contribution < -0.4 is 5.63 Å². The first-order valence-corrected chi connectivity index (χ1v) is 9.87. The van der Waals surface area contributed by atoms with E-state index >= 15 is 0 Å². The van der Waals surface area contributed by atoms with Crippen LogP contribution in [0.5, 0.6) is 0 Å². The van der Waals surface area contributed by atoms with Gasteiger partial charge in [-0.05, 0) is 41.8 Å². The van der Waals surface area contributed by atoms with Crippen molar-refractivity contribution in [1.29, 1.82) is 0 Å². The van der Waals surface area contributed by atoms with Gasteiger partial charge in [0.05, 0.1) is 16.2 Å². The van der Waals surface area contributed by atoms with Crippen molar-refractivity contribution in [3.8, 4) is 0 Å². The Bertz CT molecular complexity index is 1140. The predicted molar refractivity (Wildman–Crippen MR) is 105 cm³/mol. The number of fused-ring (bicyclic) bond motifs is 1. The first kappa shape index (κ1) is 16.9. The van der Waals surface area contributed by atoms with E-state index in [0.717, 1.165) is 16.0 Å². The molecular formula is C20H15NO3S2. The van der Waals surface area contributed by atoms with Crippen molar-refractivity contribution in [3.05, 3.63) is 85.0 Å². The van der Waals surface area contributed by atoms with E-state index in [0.29, 0.717) is 21.7 Å². The predicted octanol–water partition coefficient (Wildman–Crippen LogP) is 5.00. The zero-order chi connectivity index (χ0) is 18.3. The van der Waals surface area contributed by atoms with Crippen molar-refractivity contribution >= 4 is 38.7 Å². The monoisotopic (exact) mass is 381 g/mol. The van der Waals surface area contributed by atoms with E-state index in [9.17, 15) is 9.59 Å². The molecule has 0 N–H and O–H groups in total. The van der Waals surface area contributed by atoms with Crippen molar-refractivity contribution < 1.29 is 9.21 Å². The molecule has 0 saturated carbocycles. The number of carbonyl (C=O) groups excluding carboxylic acids is 1. The van der Waals surface area contributed by atoms with Crippen molar-refractivity contribution in [2.75, 3.05) is 0 Å². The number of aromatic nitrogens is 1. The van der Waals surface area contributed by atoms with Crippen molar-refractivity contribution in [3.63, 3.8) is 0 Å². The minimum atomic E-state index is -0.347. The van der Waals surface area contributed by atoms with Gasteiger partial charge in [-0.3, -0.25) is 4.79 Å². The molecule has 0 aliphatic rings. The molecule has 3 aromatic heterocycles. The third kappa shape index (κ3) is 2.91.